The number of halogens is 1. The molecule has 1 aromatic rings. The summed E-state index contributed by atoms with van der Waals surface area (Å²) in [6.45, 7) is 0.452. The summed E-state index contributed by atoms with van der Waals surface area (Å²) in [5, 5.41) is 3.19. The first-order chi connectivity index (χ1) is 10.0. The van der Waals surface area contributed by atoms with E-state index in [1.54, 1.807) is 20.3 Å². The number of benzene rings is 1. The molecule has 7 heteroatoms. The molecule has 0 spiro atoms. The SMILES string of the molecule is CO/C(N)=C(/C=C(\N)Cl)NCc1ccc(OC)cc1OC. The highest BCUT2D eigenvalue weighted by molar-refractivity contribution is 6.29. The highest BCUT2D eigenvalue weighted by atomic mass is 35.5. The minimum absolute atomic E-state index is 0.0965. The van der Waals surface area contributed by atoms with E-state index in [1.807, 2.05) is 12.1 Å². The maximum Gasteiger partial charge on any atom is 0.207 e. The molecular formula is C14H20ClN3O3. The number of allylic oxidation sites excluding steroid dienone is 1. The van der Waals surface area contributed by atoms with E-state index in [0.717, 1.165) is 5.56 Å². The highest BCUT2D eigenvalue weighted by Crippen LogP contribution is 2.24. The zero-order chi connectivity index (χ0) is 15.8. The van der Waals surface area contributed by atoms with E-state index in [-0.39, 0.29) is 11.0 Å². The Bertz CT molecular complexity index is 540. The molecule has 5 N–H and O–H groups in total. The average molecular weight is 314 g/mol. The van der Waals surface area contributed by atoms with Gasteiger partial charge in [-0.25, -0.2) is 0 Å². The Morgan fingerprint density at radius 3 is 2.48 bits per heavy atom. The Morgan fingerprint density at radius 1 is 1.24 bits per heavy atom. The van der Waals surface area contributed by atoms with Crippen molar-refractivity contribution in [1.29, 1.82) is 0 Å². The van der Waals surface area contributed by atoms with Crippen LogP contribution in [0, 0.1) is 0 Å². The standard InChI is InChI=1S/C14H20ClN3O3/c1-19-10-5-4-9(12(6-10)20-2)8-18-11(7-13(15)16)14(17)21-3/h4-7,18H,8,16-17H2,1-3H3/b13-7-,14-11-. The van der Waals surface area contributed by atoms with Crippen LogP contribution in [-0.4, -0.2) is 21.3 Å². The molecule has 0 aromatic heterocycles. The summed E-state index contributed by atoms with van der Waals surface area (Å²) in [6.07, 6.45) is 1.48. The second-order valence-electron chi connectivity index (χ2n) is 4.04. The van der Waals surface area contributed by atoms with Gasteiger partial charge in [-0.1, -0.05) is 11.6 Å². The van der Waals surface area contributed by atoms with Crippen molar-refractivity contribution in [3.63, 3.8) is 0 Å². The molecular weight excluding hydrogens is 294 g/mol. The van der Waals surface area contributed by atoms with Gasteiger partial charge in [0.25, 0.3) is 0 Å². The van der Waals surface area contributed by atoms with Crippen LogP contribution in [0.25, 0.3) is 0 Å². The summed E-state index contributed by atoms with van der Waals surface area (Å²) in [4.78, 5) is 0. The molecule has 0 atom stereocenters. The first kappa shape index (κ1) is 16.8. The van der Waals surface area contributed by atoms with E-state index in [2.05, 4.69) is 5.32 Å². The van der Waals surface area contributed by atoms with E-state index < -0.39 is 0 Å². The lowest BCUT2D eigenvalue weighted by atomic mass is 10.2. The molecule has 6 nitrogen and oxygen atoms in total. The first-order valence-electron chi connectivity index (χ1n) is 6.13. The Balaban J connectivity index is 2.93. The van der Waals surface area contributed by atoms with Crippen molar-refractivity contribution in [1.82, 2.24) is 5.32 Å². The molecule has 0 heterocycles. The van der Waals surface area contributed by atoms with Gasteiger partial charge in [-0.15, -0.1) is 0 Å². The van der Waals surface area contributed by atoms with Crippen molar-refractivity contribution in [2.24, 2.45) is 11.5 Å². The van der Waals surface area contributed by atoms with Crippen LogP contribution in [0.5, 0.6) is 11.5 Å². The van der Waals surface area contributed by atoms with Crippen molar-refractivity contribution in [2.75, 3.05) is 21.3 Å². The zero-order valence-corrected chi connectivity index (χ0v) is 13.0. The minimum Gasteiger partial charge on any atom is -0.497 e. The summed E-state index contributed by atoms with van der Waals surface area (Å²) in [5.41, 5.74) is 12.6. The van der Waals surface area contributed by atoms with Gasteiger partial charge in [-0.05, 0) is 12.1 Å². The minimum atomic E-state index is 0.0965. The van der Waals surface area contributed by atoms with Crippen LogP contribution in [0.3, 0.4) is 0 Å². The van der Waals surface area contributed by atoms with Crippen molar-refractivity contribution in [3.05, 3.63) is 46.6 Å². The molecule has 0 saturated heterocycles. The quantitative estimate of drug-likeness (QED) is 0.402. The monoisotopic (exact) mass is 313 g/mol. The van der Waals surface area contributed by atoms with Gasteiger partial charge in [0, 0.05) is 24.3 Å². The Hall–Kier alpha value is -2.21. The molecule has 0 radical (unpaired) electrons. The molecule has 116 valence electrons. The third-order valence-electron chi connectivity index (χ3n) is 2.73. The summed E-state index contributed by atoms with van der Waals surface area (Å²) in [5.74, 6) is 1.60. The molecule has 1 aromatic carbocycles. The van der Waals surface area contributed by atoms with Crippen LogP contribution in [0.1, 0.15) is 5.56 Å². The fraction of sp³-hybridized carbons (Fsp3) is 0.286. The largest absolute Gasteiger partial charge is 0.497 e. The maximum atomic E-state index is 5.73. The number of methoxy groups -OCH3 is 3. The van der Waals surface area contributed by atoms with Crippen molar-refractivity contribution in [3.8, 4) is 11.5 Å². The van der Waals surface area contributed by atoms with Crippen LogP contribution in [0.2, 0.25) is 0 Å². The van der Waals surface area contributed by atoms with E-state index in [9.17, 15) is 0 Å². The number of ether oxygens (including phenoxy) is 3. The van der Waals surface area contributed by atoms with Crippen LogP contribution < -0.4 is 26.3 Å². The van der Waals surface area contributed by atoms with Gasteiger partial charge in [0.1, 0.15) is 16.7 Å². The lowest BCUT2D eigenvalue weighted by Crippen LogP contribution is -2.19. The van der Waals surface area contributed by atoms with E-state index >= 15 is 0 Å². The lowest BCUT2D eigenvalue weighted by Gasteiger charge is -2.14. The Kier molecular flexibility index (Phi) is 6.55. The number of nitrogens with two attached hydrogens (primary N) is 2. The number of hydrogen-bond acceptors (Lipinski definition) is 6. The topological polar surface area (TPSA) is 91.8 Å². The van der Waals surface area contributed by atoms with Crippen molar-refractivity contribution >= 4 is 11.6 Å². The van der Waals surface area contributed by atoms with Gasteiger partial charge in [-0.3, -0.25) is 0 Å². The maximum absolute atomic E-state index is 5.73. The Morgan fingerprint density at radius 2 is 1.95 bits per heavy atom. The molecule has 0 saturated carbocycles. The molecule has 0 aliphatic heterocycles. The third kappa shape index (κ3) is 5.00. The Labute approximate surface area is 129 Å². The van der Waals surface area contributed by atoms with Gasteiger partial charge in [0.2, 0.25) is 5.88 Å². The van der Waals surface area contributed by atoms with E-state index in [0.29, 0.717) is 23.7 Å². The van der Waals surface area contributed by atoms with Crippen LogP contribution in [-0.2, 0) is 11.3 Å². The summed E-state index contributed by atoms with van der Waals surface area (Å²) in [7, 11) is 4.65. The second kappa shape index (κ2) is 8.16. The fourth-order valence-electron chi connectivity index (χ4n) is 1.65. The molecule has 0 aliphatic carbocycles. The summed E-state index contributed by atoms with van der Waals surface area (Å²) < 4.78 is 15.5. The van der Waals surface area contributed by atoms with Crippen LogP contribution >= 0.6 is 11.6 Å². The fourth-order valence-corrected chi connectivity index (χ4v) is 1.75. The van der Waals surface area contributed by atoms with Gasteiger partial charge < -0.3 is 31.0 Å². The van der Waals surface area contributed by atoms with Gasteiger partial charge >= 0.3 is 0 Å². The predicted octanol–water partition coefficient (Wildman–Crippen LogP) is 1.61. The summed E-state index contributed by atoms with van der Waals surface area (Å²) >= 11 is 5.67. The molecule has 21 heavy (non-hydrogen) atoms. The van der Waals surface area contributed by atoms with Gasteiger partial charge in [0.05, 0.1) is 27.0 Å². The molecule has 0 amide bonds. The number of hydrogen-bond donors (Lipinski definition) is 3. The molecule has 0 aliphatic rings. The number of nitrogens with one attached hydrogen (secondary N) is 1. The normalized spacial score (nSPS) is 12.5. The first-order valence-corrected chi connectivity index (χ1v) is 6.50. The molecule has 1 rings (SSSR count). The van der Waals surface area contributed by atoms with E-state index in [1.165, 1.54) is 13.2 Å². The van der Waals surface area contributed by atoms with Crippen molar-refractivity contribution in [2.45, 2.75) is 6.54 Å². The summed E-state index contributed by atoms with van der Waals surface area (Å²) in [6, 6.07) is 5.53. The van der Waals surface area contributed by atoms with Gasteiger partial charge in [-0.2, -0.15) is 0 Å². The van der Waals surface area contributed by atoms with Crippen LogP contribution in [0.15, 0.2) is 41.0 Å². The molecule has 0 fully saturated rings. The van der Waals surface area contributed by atoms with Crippen molar-refractivity contribution < 1.29 is 14.2 Å². The second-order valence-corrected chi connectivity index (χ2v) is 4.48. The number of rotatable bonds is 7. The molecule has 0 unspecified atom stereocenters. The smallest absolute Gasteiger partial charge is 0.207 e. The average Bonchev–Trinajstić information content (AvgIpc) is 2.49. The third-order valence-corrected chi connectivity index (χ3v) is 2.84. The van der Waals surface area contributed by atoms with Gasteiger partial charge in [0.15, 0.2) is 0 Å². The zero-order valence-electron chi connectivity index (χ0n) is 12.3. The highest BCUT2D eigenvalue weighted by Gasteiger charge is 2.07. The van der Waals surface area contributed by atoms with Crippen LogP contribution in [0.4, 0.5) is 0 Å². The predicted molar refractivity (Wildman–Crippen MR) is 82.7 cm³/mol. The molecule has 0 bridgehead atoms. The lowest BCUT2D eigenvalue weighted by molar-refractivity contribution is 0.281. The van der Waals surface area contributed by atoms with E-state index in [4.69, 9.17) is 37.3 Å².